The lowest BCUT2D eigenvalue weighted by atomic mass is 10.4. The van der Waals surface area contributed by atoms with E-state index >= 15 is 0 Å². The smallest absolute Gasteiger partial charge is 0.287 e. The van der Waals surface area contributed by atoms with Gasteiger partial charge in [-0.15, -0.1) is 0 Å². The van der Waals surface area contributed by atoms with Gasteiger partial charge in [-0.1, -0.05) is 23.2 Å². The highest BCUT2D eigenvalue weighted by molar-refractivity contribution is 6.30. The maximum atomic E-state index is 12.0. The van der Waals surface area contributed by atoms with Crippen LogP contribution in [-0.4, -0.2) is 27.4 Å². The summed E-state index contributed by atoms with van der Waals surface area (Å²) in [6, 6.07) is 2.29. The molecular formula is C14H14Cl2F2N4O4. The number of anilines is 1. The Morgan fingerprint density at radius 2 is 1.46 bits per heavy atom. The summed E-state index contributed by atoms with van der Waals surface area (Å²) >= 11 is 11.0. The van der Waals surface area contributed by atoms with Crippen LogP contribution in [0.4, 0.5) is 20.2 Å². The summed E-state index contributed by atoms with van der Waals surface area (Å²) in [7, 11) is 0. The van der Waals surface area contributed by atoms with Crippen LogP contribution in [0.2, 0.25) is 10.0 Å². The molecular weight excluding hydrogens is 397 g/mol. The van der Waals surface area contributed by atoms with Crippen molar-refractivity contribution in [3.8, 4) is 0 Å². The van der Waals surface area contributed by atoms with E-state index in [4.69, 9.17) is 28.9 Å². The Balaban J connectivity index is 0.000000263. The van der Waals surface area contributed by atoms with Crippen LogP contribution in [0, 0.1) is 10.1 Å². The molecule has 0 aliphatic rings. The van der Waals surface area contributed by atoms with E-state index in [-0.39, 0.29) is 28.8 Å². The van der Waals surface area contributed by atoms with Gasteiger partial charge in [0, 0.05) is 18.0 Å². The van der Waals surface area contributed by atoms with Gasteiger partial charge >= 0.3 is 0 Å². The molecule has 0 aliphatic carbocycles. The molecule has 0 saturated heterocycles. The predicted octanol–water partition coefficient (Wildman–Crippen LogP) is 2.43. The van der Waals surface area contributed by atoms with Crippen LogP contribution in [0.3, 0.4) is 0 Å². The van der Waals surface area contributed by atoms with Gasteiger partial charge in [-0.2, -0.15) is 0 Å². The van der Waals surface area contributed by atoms with Crippen molar-refractivity contribution < 1.29 is 13.7 Å². The largest absolute Gasteiger partial charge is 0.397 e. The number of alkyl halides is 2. The number of halogens is 4. The fourth-order valence-corrected chi connectivity index (χ4v) is 2.27. The highest BCUT2D eigenvalue weighted by Gasteiger charge is 2.11. The van der Waals surface area contributed by atoms with Gasteiger partial charge in [0.05, 0.1) is 24.2 Å². The number of nitrogens with zero attached hydrogens (tertiary/aromatic N) is 3. The number of hydrogen-bond acceptors (Lipinski definition) is 5. The van der Waals surface area contributed by atoms with Crippen molar-refractivity contribution in [1.29, 1.82) is 0 Å². The lowest BCUT2D eigenvalue weighted by Crippen LogP contribution is -2.21. The van der Waals surface area contributed by atoms with Crippen molar-refractivity contribution >= 4 is 34.6 Å². The van der Waals surface area contributed by atoms with Gasteiger partial charge in [0.2, 0.25) is 0 Å². The minimum Gasteiger partial charge on any atom is -0.397 e. The molecule has 12 heteroatoms. The van der Waals surface area contributed by atoms with Gasteiger partial charge < -0.3 is 14.9 Å². The third-order valence-corrected chi connectivity index (χ3v) is 3.49. The average Bonchev–Trinajstić information content (AvgIpc) is 2.57. The maximum absolute atomic E-state index is 12.0. The molecule has 8 nitrogen and oxygen atoms in total. The Kier molecular flexibility index (Phi) is 8.20. The van der Waals surface area contributed by atoms with Crippen LogP contribution in [0.15, 0.2) is 34.1 Å². The van der Waals surface area contributed by atoms with Gasteiger partial charge in [0.25, 0.3) is 16.8 Å². The molecule has 2 heterocycles. The minimum absolute atomic E-state index is 0.0103. The first kappa shape index (κ1) is 21.6. The van der Waals surface area contributed by atoms with Gasteiger partial charge in [-0.25, -0.2) is 8.78 Å². The third kappa shape index (κ3) is 5.81. The number of nitro groups is 1. The summed E-state index contributed by atoms with van der Waals surface area (Å²) < 4.78 is 25.9. The number of nitrogens with two attached hydrogens (primary N) is 1. The molecule has 26 heavy (non-hydrogen) atoms. The van der Waals surface area contributed by atoms with Crippen molar-refractivity contribution in [3.05, 3.63) is 65.4 Å². The SMILES string of the molecule is Nc1cc(Cl)c(=O)n(CCF)c1.O=c1c(Cl)cc([N+](=O)[O-])cn1CCF. The molecule has 2 aromatic heterocycles. The number of rotatable bonds is 5. The van der Waals surface area contributed by atoms with Crippen molar-refractivity contribution in [2.45, 2.75) is 13.1 Å². The average molecular weight is 411 g/mol. The lowest BCUT2D eigenvalue weighted by Gasteiger charge is -2.03. The number of hydrogen-bond donors (Lipinski definition) is 1. The van der Waals surface area contributed by atoms with Crippen molar-refractivity contribution in [2.24, 2.45) is 0 Å². The number of nitrogen functional groups attached to an aromatic ring is 1. The summed E-state index contributed by atoms with van der Waals surface area (Å²) in [5.41, 5.74) is 4.37. The molecule has 2 aromatic rings. The van der Waals surface area contributed by atoms with E-state index in [2.05, 4.69) is 0 Å². The molecule has 142 valence electrons. The second-order valence-electron chi connectivity index (χ2n) is 4.80. The molecule has 0 fully saturated rings. The van der Waals surface area contributed by atoms with E-state index in [1.54, 1.807) is 0 Å². The van der Waals surface area contributed by atoms with Crippen LogP contribution < -0.4 is 16.9 Å². The van der Waals surface area contributed by atoms with E-state index < -0.39 is 29.4 Å². The van der Waals surface area contributed by atoms with Crippen LogP contribution in [0.5, 0.6) is 0 Å². The first-order valence-corrected chi connectivity index (χ1v) is 7.78. The zero-order valence-corrected chi connectivity index (χ0v) is 14.7. The first-order chi connectivity index (χ1) is 12.2. The normalized spacial score (nSPS) is 10.2. The van der Waals surface area contributed by atoms with Crippen LogP contribution >= 0.6 is 23.2 Å². The molecule has 0 aromatic carbocycles. The number of aromatic nitrogens is 2. The highest BCUT2D eigenvalue weighted by Crippen LogP contribution is 2.13. The van der Waals surface area contributed by atoms with Crippen molar-refractivity contribution in [3.63, 3.8) is 0 Å². The molecule has 0 radical (unpaired) electrons. The number of pyridine rings is 2. The highest BCUT2D eigenvalue weighted by atomic mass is 35.5. The molecule has 0 atom stereocenters. The quantitative estimate of drug-likeness (QED) is 0.600. The van der Waals surface area contributed by atoms with Gasteiger partial charge in [-0.05, 0) is 6.07 Å². The molecule has 0 saturated carbocycles. The second kappa shape index (κ2) is 9.88. The first-order valence-electron chi connectivity index (χ1n) is 7.03. The lowest BCUT2D eigenvalue weighted by molar-refractivity contribution is -0.385. The van der Waals surface area contributed by atoms with Crippen LogP contribution in [0.25, 0.3) is 0 Å². The van der Waals surface area contributed by atoms with Crippen molar-refractivity contribution in [1.82, 2.24) is 9.13 Å². The molecule has 2 N–H and O–H groups in total. The summed E-state index contributed by atoms with van der Waals surface area (Å²) in [6.07, 6.45) is 2.33. The molecule has 0 aliphatic heterocycles. The molecule has 0 unspecified atom stereocenters. The van der Waals surface area contributed by atoms with Crippen LogP contribution in [-0.2, 0) is 13.1 Å². The fraction of sp³-hybridized carbons (Fsp3) is 0.286. The summed E-state index contributed by atoms with van der Waals surface area (Å²) in [4.78, 5) is 32.0. The molecule has 0 bridgehead atoms. The van der Waals surface area contributed by atoms with E-state index in [9.17, 15) is 28.5 Å². The summed E-state index contributed by atoms with van der Waals surface area (Å²) in [5.74, 6) is 0. The van der Waals surface area contributed by atoms with E-state index in [1.165, 1.54) is 12.3 Å². The summed E-state index contributed by atoms with van der Waals surface area (Å²) in [6.45, 7) is -1.64. The Morgan fingerprint density at radius 3 is 1.92 bits per heavy atom. The van der Waals surface area contributed by atoms with Crippen LogP contribution in [0.1, 0.15) is 0 Å². The Hall–Kier alpha value is -2.46. The molecule has 0 amide bonds. The van der Waals surface area contributed by atoms with E-state index in [0.29, 0.717) is 5.69 Å². The number of aryl methyl sites for hydroxylation is 2. The Bertz CT molecular complexity index is 901. The van der Waals surface area contributed by atoms with E-state index in [1.807, 2.05) is 0 Å². The van der Waals surface area contributed by atoms with Gasteiger partial charge in [-0.3, -0.25) is 19.7 Å². The topological polar surface area (TPSA) is 113 Å². The Labute approximate surface area is 155 Å². The van der Waals surface area contributed by atoms with E-state index in [0.717, 1.165) is 21.4 Å². The minimum atomic E-state index is -0.780. The Morgan fingerprint density at radius 1 is 1.00 bits per heavy atom. The zero-order valence-electron chi connectivity index (χ0n) is 13.2. The standard InChI is InChI=1S/C7H6ClFN2O3.C7H8ClFN2O/c8-6-3-5(11(13)14)4-10(2-1-9)7(6)12;8-6-3-5(10)4-11(2-1-9)7(6)12/h3-4H,1-2H2;3-4H,1-2,10H2. The monoisotopic (exact) mass is 410 g/mol. The summed E-state index contributed by atoms with van der Waals surface area (Å²) in [5, 5.41) is 10.1. The predicted molar refractivity (Wildman–Crippen MR) is 94.4 cm³/mol. The molecule has 0 spiro atoms. The zero-order chi connectivity index (χ0) is 19.9. The molecule has 2 rings (SSSR count). The van der Waals surface area contributed by atoms with Gasteiger partial charge in [0.15, 0.2) is 0 Å². The second-order valence-corrected chi connectivity index (χ2v) is 5.61. The van der Waals surface area contributed by atoms with Crippen molar-refractivity contribution in [2.75, 3.05) is 19.1 Å². The fourth-order valence-electron chi connectivity index (χ4n) is 1.82. The third-order valence-electron chi connectivity index (χ3n) is 2.95. The van der Waals surface area contributed by atoms with Gasteiger partial charge in [0.1, 0.15) is 23.4 Å². The maximum Gasteiger partial charge on any atom is 0.287 e.